The Labute approximate surface area is 103 Å². The van der Waals surface area contributed by atoms with Crippen LogP contribution in [0.4, 0.5) is 18.9 Å². The predicted octanol–water partition coefficient (Wildman–Crippen LogP) is 1.76. The molecule has 1 rings (SSSR count). The average molecular weight is 313 g/mol. The number of halogens is 4. The lowest BCUT2D eigenvalue weighted by atomic mass is 10.3. The van der Waals surface area contributed by atoms with Crippen LogP contribution in [-0.4, -0.2) is 12.3 Å². The minimum atomic E-state index is -4.81. The van der Waals surface area contributed by atoms with Crippen LogP contribution in [0.5, 0.6) is 5.75 Å². The van der Waals surface area contributed by atoms with Gasteiger partial charge in [-0.3, -0.25) is 5.43 Å². The maximum Gasteiger partial charge on any atom is 0.573 e. The summed E-state index contributed by atoms with van der Waals surface area (Å²) in [6.07, 6.45) is -4.81. The van der Waals surface area contributed by atoms with Gasteiger partial charge in [-0.05, 0) is 18.2 Å². The van der Waals surface area contributed by atoms with Gasteiger partial charge in [-0.15, -0.1) is 13.2 Å². The highest BCUT2D eigenvalue weighted by molar-refractivity contribution is 9.10. The van der Waals surface area contributed by atoms with Gasteiger partial charge in [0.05, 0.1) is 0 Å². The van der Waals surface area contributed by atoms with Gasteiger partial charge in [0.15, 0.2) is 5.75 Å². The van der Waals surface area contributed by atoms with E-state index >= 15 is 0 Å². The molecular weight excluding hydrogens is 305 g/mol. The number of nitrogens with two attached hydrogens (primary N) is 2. The lowest BCUT2D eigenvalue weighted by Gasteiger charge is -2.11. The Hall–Kier alpha value is -1.48. The van der Waals surface area contributed by atoms with Gasteiger partial charge in [0.25, 0.3) is 0 Å². The molecule has 0 atom stereocenters. The van der Waals surface area contributed by atoms with Crippen molar-refractivity contribution < 1.29 is 17.9 Å². The number of benzene rings is 1. The van der Waals surface area contributed by atoms with Gasteiger partial charge in [0.1, 0.15) is 5.69 Å². The lowest BCUT2D eigenvalue weighted by Crippen LogP contribution is -2.36. The third-order valence-electron chi connectivity index (χ3n) is 1.54. The van der Waals surface area contributed by atoms with Gasteiger partial charge in [-0.2, -0.15) is 0 Å². The molecular formula is C8H8BrF3N4O. The van der Waals surface area contributed by atoms with Gasteiger partial charge in [-0.25, -0.2) is 10.8 Å². The Morgan fingerprint density at radius 2 is 2.06 bits per heavy atom. The normalized spacial score (nSPS) is 12.4. The molecule has 0 bridgehead atoms. The highest BCUT2D eigenvalue weighted by Gasteiger charge is 2.32. The summed E-state index contributed by atoms with van der Waals surface area (Å²) in [5, 5.41) is 0. The molecule has 0 saturated carbocycles. The molecule has 94 valence electrons. The first kappa shape index (κ1) is 13.6. The van der Waals surface area contributed by atoms with E-state index in [0.717, 1.165) is 6.07 Å². The van der Waals surface area contributed by atoms with Crippen molar-refractivity contribution in [1.82, 2.24) is 5.43 Å². The van der Waals surface area contributed by atoms with E-state index in [9.17, 15) is 13.2 Å². The molecule has 0 fully saturated rings. The Kier molecular flexibility index (Phi) is 4.18. The number of guanidine groups is 1. The molecule has 17 heavy (non-hydrogen) atoms. The summed E-state index contributed by atoms with van der Waals surface area (Å²) in [5.74, 6) is 4.23. The first-order valence-corrected chi connectivity index (χ1v) is 4.97. The largest absolute Gasteiger partial charge is 0.573 e. The van der Waals surface area contributed by atoms with E-state index in [1.165, 1.54) is 12.1 Å². The number of ether oxygens (including phenoxy) is 1. The molecule has 0 amide bonds. The van der Waals surface area contributed by atoms with Crippen molar-refractivity contribution >= 4 is 27.6 Å². The summed E-state index contributed by atoms with van der Waals surface area (Å²) in [5.41, 5.74) is 7.14. The van der Waals surface area contributed by atoms with Crippen LogP contribution in [0.25, 0.3) is 0 Å². The van der Waals surface area contributed by atoms with Crippen LogP contribution in [0.1, 0.15) is 0 Å². The third-order valence-corrected chi connectivity index (χ3v) is 2.03. The Bertz CT molecular complexity index is 435. The maximum absolute atomic E-state index is 12.1. The smallest absolute Gasteiger partial charge is 0.403 e. The SMILES string of the molecule is NNC(N)=Nc1ccc(Br)cc1OC(F)(F)F. The van der Waals surface area contributed by atoms with Crippen molar-refractivity contribution in [3.8, 4) is 5.75 Å². The topological polar surface area (TPSA) is 85.7 Å². The lowest BCUT2D eigenvalue weighted by molar-refractivity contribution is -0.274. The number of aliphatic imine (C=N–C) groups is 1. The van der Waals surface area contributed by atoms with E-state index < -0.39 is 12.1 Å². The number of hydrogen-bond donors (Lipinski definition) is 3. The summed E-state index contributed by atoms with van der Waals surface area (Å²) in [7, 11) is 0. The molecule has 0 aliphatic carbocycles. The fraction of sp³-hybridized carbons (Fsp3) is 0.125. The van der Waals surface area contributed by atoms with Crippen molar-refractivity contribution in [1.29, 1.82) is 0 Å². The quantitative estimate of drug-likeness (QED) is 0.336. The fourth-order valence-corrected chi connectivity index (χ4v) is 1.29. The van der Waals surface area contributed by atoms with Gasteiger partial charge in [0, 0.05) is 4.47 Å². The summed E-state index contributed by atoms with van der Waals surface area (Å²) in [4.78, 5) is 3.62. The molecule has 0 aliphatic heterocycles. The van der Waals surface area contributed by atoms with E-state index in [4.69, 9.17) is 11.6 Å². The van der Waals surface area contributed by atoms with E-state index in [1.54, 1.807) is 0 Å². The summed E-state index contributed by atoms with van der Waals surface area (Å²) in [6, 6.07) is 3.91. The van der Waals surface area contributed by atoms with Gasteiger partial charge in [-0.1, -0.05) is 15.9 Å². The second-order valence-electron chi connectivity index (χ2n) is 2.80. The molecule has 1 aromatic rings. The van der Waals surface area contributed by atoms with Crippen LogP contribution < -0.4 is 21.7 Å². The van der Waals surface area contributed by atoms with Crippen molar-refractivity contribution in [2.75, 3.05) is 0 Å². The van der Waals surface area contributed by atoms with Gasteiger partial charge < -0.3 is 10.5 Å². The first-order chi connectivity index (χ1) is 7.81. The number of alkyl halides is 3. The molecule has 5 nitrogen and oxygen atoms in total. The Morgan fingerprint density at radius 3 is 2.59 bits per heavy atom. The molecule has 0 aromatic heterocycles. The fourth-order valence-electron chi connectivity index (χ4n) is 0.949. The highest BCUT2D eigenvalue weighted by atomic mass is 79.9. The van der Waals surface area contributed by atoms with Gasteiger partial charge in [0.2, 0.25) is 5.96 Å². The molecule has 0 heterocycles. The molecule has 0 aliphatic rings. The number of rotatable bonds is 2. The number of nitrogens with zero attached hydrogens (tertiary/aromatic N) is 1. The first-order valence-electron chi connectivity index (χ1n) is 4.18. The summed E-state index contributed by atoms with van der Waals surface area (Å²) >= 11 is 3.02. The van der Waals surface area contributed by atoms with E-state index in [0.29, 0.717) is 4.47 Å². The van der Waals surface area contributed by atoms with Crippen LogP contribution in [0.2, 0.25) is 0 Å². The van der Waals surface area contributed by atoms with E-state index in [-0.39, 0.29) is 11.6 Å². The molecule has 1 aromatic carbocycles. The van der Waals surface area contributed by atoms with Crippen molar-refractivity contribution in [2.24, 2.45) is 16.6 Å². The highest BCUT2D eigenvalue weighted by Crippen LogP contribution is 2.34. The minimum Gasteiger partial charge on any atom is -0.403 e. The van der Waals surface area contributed by atoms with Crippen LogP contribution in [0, 0.1) is 0 Å². The molecule has 0 unspecified atom stereocenters. The van der Waals surface area contributed by atoms with Crippen LogP contribution >= 0.6 is 15.9 Å². The Balaban J connectivity index is 3.13. The average Bonchev–Trinajstić information content (AvgIpc) is 2.19. The van der Waals surface area contributed by atoms with E-state index in [2.05, 4.69) is 25.7 Å². The van der Waals surface area contributed by atoms with Crippen LogP contribution in [-0.2, 0) is 0 Å². The number of hydrazine groups is 1. The van der Waals surface area contributed by atoms with E-state index in [1.807, 2.05) is 5.43 Å². The van der Waals surface area contributed by atoms with Crippen molar-refractivity contribution in [3.05, 3.63) is 22.7 Å². The summed E-state index contributed by atoms with van der Waals surface area (Å²) < 4.78 is 40.6. The second kappa shape index (κ2) is 5.23. The molecule has 0 saturated heterocycles. The van der Waals surface area contributed by atoms with Crippen molar-refractivity contribution in [2.45, 2.75) is 6.36 Å². The molecule has 0 radical (unpaired) electrons. The predicted molar refractivity (Wildman–Crippen MR) is 59.4 cm³/mol. The molecule has 9 heteroatoms. The standard InChI is InChI=1S/C8H8BrF3N4O/c9-4-1-2-5(15-7(13)16-14)6(3-4)17-8(10,11)12/h1-3H,14H2,(H3,13,15,16). The van der Waals surface area contributed by atoms with Crippen molar-refractivity contribution in [3.63, 3.8) is 0 Å². The zero-order chi connectivity index (χ0) is 13.1. The minimum absolute atomic E-state index is 0.0963. The number of nitrogens with one attached hydrogen (secondary N) is 1. The third kappa shape index (κ3) is 4.49. The zero-order valence-electron chi connectivity index (χ0n) is 8.25. The Morgan fingerprint density at radius 1 is 1.41 bits per heavy atom. The maximum atomic E-state index is 12.1. The van der Waals surface area contributed by atoms with Crippen LogP contribution in [0.3, 0.4) is 0 Å². The van der Waals surface area contributed by atoms with Crippen LogP contribution in [0.15, 0.2) is 27.7 Å². The summed E-state index contributed by atoms with van der Waals surface area (Å²) in [6.45, 7) is 0. The number of hydrogen-bond acceptors (Lipinski definition) is 3. The monoisotopic (exact) mass is 312 g/mol. The zero-order valence-corrected chi connectivity index (χ0v) is 9.84. The second-order valence-corrected chi connectivity index (χ2v) is 3.72. The molecule has 5 N–H and O–H groups in total. The molecule has 0 spiro atoms. The van der Waals surface area contributed by atoms with Gasteiger partial charge >= 0.3 is 6.36 Å².